The first-order valence-corrected chi connectivity index (χ1v) is 9.70. The summed E-state index contributed by atoms with van der Waals surface area (Å²) in [5.74, 6) is -0.187. The molecule has 0 aliphatic rings. The van der Waals surface area contributed by atoms with Gasteiger partial charge < -0.3 is 0 Å². The van der Waals surface area contributed by atoms with Crippen LogP contribution in [-0.4, -0.2) is 23.0 Å². The van der Waals surface area contributed by atoms with Crippen LogP contribution in [-0.2, 0) is 16.2 Å². The molecule has 1 N–H and O–H groups in total. The average Bonchev–Trinajstić information content (AvgIpc) is 3.02. The summed E-state index contributed by atoms with van der Waals surface area (Å²) < 4.78 is 67.4. The van der Waals surface area contributed by atoms with E-state index in [2.05, 4.69) is 14.7 Å². The fourth-order valence-electron chi connectivity index (χ4n) is 2.64. The molecule has 148 valence electrons. The number of aromatic nitrogens is 3. The molecule has 2 aromatic heterocycles. The second-order valence-corrected chi connectivity index (χ2v) is 8.15. The highest BCUT2D eigenvalue weighted by atomic mass is 35.5. The fraction of sp³-hybridized carbons (Fsp3) is 0.176. The molecule has 0 amide bonds. The van der Waals surface area contributed by atoms with Crippen molar-refractivity contribution in [3.63, 3.8) is 0 Å². The Morgan fingerprint density at radius 2 is 1.71 bits per heavy atom. The van der Waals surface area contributed by atoms with Crippen LogP contribution in [0.3, 0.4) is 0 Å². The monoisotopic (exact) mass is 430 g/mol. The lowest BCUT2D eigenvalue weighted by atomic mass is 10.1. The highest BCUT2D eigenvalue weighted by molar-refractivity contribution is 7.92. The maximum Gasteiger partial charge on any atom is 0.417 e. The van der Waals surface area contributed by atoms with Crippen molar-refractivity contribution in [3.8, 4) is 5.82 Å². The molecule has 0 aliphatic carbocycles. The quantitative estimate of drug-likeness (QED) is 0.667. The third-order valence-corrected chi connectivity index (χ3v) is 5.37. The van der Waals surface area contributed by atoms with E-state index in [0.717, 1.165) is 28.2 Å². The summed E-state index contributed by atoms with van der Waals surface area (Å²) in [7, 11) is -4.11. The van der Waals surface area contributed by atoms with Crippen molar-refractivity contribution >= 4 is 27.3 Å². The molecule has 1 aromatic carbocycles. The molecule has 3 rings (SSSR count). The van der Waals surface area contributed by atoms with E-state index in [1.165, 1.54) is 0 Å². The van der Waals surface area contributed by atoms with Gasteiger partial charge in [0, 0.05) is 11.9 Å². The van der Waals surface area contributed by atoms with E-state index in [1.54, 1.807) is 12.1 Å². The maximum atomic E-state index is 12.8. The van der Waals surface area contributed by atoms with Crippen LogP contribution < -0.4 is 4.72 Å². The number of aryl methyl sites for hydroxylation is 2. The molecule has 0 fully saturated rings. The molecule has 0 saturated carbocycles. The molecule has 6 nitrogen and oxygen atoms in total. The van der Waals surface area contributed by atoms with Crippen molar-refractivity contribution in [2.24, 2.45) is 0 Å². The molecular weight excluding hydrogens is 417 g/mol. The zero-order valence-electron chi connectivity index (χ0n) is 14.6. The van der Waals surface area contributed by atoms with Gasteiger partial charge in [-0.1, -0.05) is 17.7 Å². The number of nitrogens with one attached hydrogen (secondary N) is 1. The molecule has 0 atom stereocenters. The number of benzene rings is 1. The Labute approximate surface area is 164 Å². The van der Waals surface area contributed by atoms with E-state index in [1.807, 2.05) is 19.9 Å². The number of imidazole rings is 1. The summed E-state index contributed by atoms with van der Waals surface area (Å²) in [4.78, 5) is 7.45. The van der Waals surface area contributed by atoms with E-state index in [9.17, 15) is 21.6 Å². The van der Waals surface area contributed by atoms with Crippen molar-refractivity contribution in [2.45, 2.75) is 25.0 Å². The minimum Gasteiger partial charge on any atom is -0.278 e. The molecule has 0 unspecified atom stereocenters. The highest BCUT2D eigenvalue weighted by Gasteiger charge is 2.32. The van der Waals surface area contributed by atoms with Crippen LogP contribution in [0.2, 0.25) is 5.02 Å². The van der Waals surface area contributed by atoms with Gasteiger partial charge in [-0.05, 0) is 43.2 Å². The van der Waals surface area contributed by atoms with Gasteiger partial charge in [-0.25, -0.2) is 9.97 Å². The summed E-state index contributed by atoms with van der Waals surface area (Å²) in [5, 5.41) is -0.684. The van der Waals surface area contributed by atoms with Crippen LogP contribution in [0.4, 0.5) is 18.9 Å². The van der Waals surface area contributed by atoms with Crippen molar-refractivity contribution < 1.29 is 21.6 Å². The Kier molecular flexibility index (Phi) is 5.11. The molecule has 0 aliphatic heterocycles. The first-order valence-electron chi connectivity index (χ1n) is 7.84. The van der Waals surface area contributed by atoms with Gasteiger partial charge in [0.15, 0.2) is 10.8 Å². The number of hydrogen-bond acceptors (Lipinski definition) is 4. The van der Waals surface area contributed by atoms with Gasteiger partial charge in [-0.3, -0.25) is 9.29 Å². The third-order valence-electron chi connectivity index (χ3n) is 3.73. The van der Waals surface area contributed by atoms with Crippen molar-refractivity contribution in [1.29, 1.82) is 0 Å². The van der Waals surface area contributed by atoms with Crippen molar-refractivity contribution in [3.05, 3.63) is 64.7 Å². The SMILES string of the molecule is Cc1cc(C)cc(NS(=O)(=O)c2cncn2-c2ncc(C(F)(F)F)cc2Cl)c1. The van der Waals surface area contributed by atoms with E-state index >= 15 is 0 Å². The van der Waals surface area contributed by atoms with Gasteiger partial charge in [0.05, 0.1) is 16.8 Å². The third kappa shape index (κ3) is 4.12. The average molecular weight is 431 g/mol. The number of hydrogen-bond donors (Lipinski definition) is 1. The molecule has 0 spiro atoms. The summed E-state index contributed by atoms with van der Waals surface area (Å²) in [6, 6.07) is 5.86. The number of nitrogens with zero attached hydrogens (tertiary/aromatic N) is 3. The Balaban J connectivity index is 2.02. The second kappa shape index (κ2) is 7.10. The largest absolute Gasteiger partial charge is 0.417 e. The van der Waals surface area contributed by atoms with Crippen LogP contribution in [0.5, 0.6) is 0 Å². The minimum atomic E-state index is -4.62. The summed E-state index contributed by atoms with van der Waals surface area (Å²) >= 11 is 5.92. The highest BCUT2D eigenvalue weighted by Crippen LogP contribution is 2.32. The first-order chi connectivity index (χ1) is 13.0. The van der Waals surface area contributed by atoms with E-state index < -0.39 is 21.8 Å². The van der Waals surface area contributed by atoms with Crippen molar-refractivity contribution in [2.75, 3.05) is 4.72 Å². The fourth-order valence-corrected chi connectivity index (χ4v) is 4.03. The molecule has 2 heterocycles. The van der Waals surface area contributed by atoms with Crippen LogP contribution >= 0.6 is 11.6 Å². The molecule has 0 radical (unpaired) electrons. The van der Waals surface area contributed by atoms with Crippen LogP contribution in [0.25, 0.3) is 5.82 Å². The second-order valence-electron chi connectivity index (χ2n) is 6.11. The van der Waals surface area contributed by atoms with Gasteiger partial charge >= 0.3 is 6.18 Å². The lowest BCUT2D eigenvalue weighted by Crippen LogP contribution is -2.17. The Morgan fingerprint density at radius 1 is 1.07 bits per heavy atom. The van der Waals surface area contributed by atoms with Crippen molar-refractivity contribution in [1.82, 2.24) is 14.5 Å². The van der Waals surface area contributed by atoms with Gasteiger partial charge in [0.1, 0.15) is 6.33 Å². The van der Waals surface area contributed by atoms with Gasteiger partial charge in [0.2, 0.25) is 0 Å². The van der Waals surface area contributed by atoms with Crippen LogP contribution in [0.15, 0.2) is 48.0 Å². The van der Waals surface area contributed by atoms with Gasteiger partial charge in [-0.15, -0.1) is 0 Å². The number of alkyl halides is 3. The first kappa shape index (κ1) is 20.2. The lowest BCUT2D eigenvalue weighted by Gasteiger charge is -2.13. The molecule has 3 aromatic rings. The predicted molar refractivity (Wildman–Crippen MR) is 98.1 cm³/mol. The molecule has 28 heavy (non-hydrogen) atoms. The zero-order chi connectivity index (χ0) is 20.7. The number of rotatable bonds is 4. The number of sulfonamides is 1. The maximum absolute atomic E-state index is 12.8. The number of pyridine rings is 1. The number of anilines is 1. The zero-order valence-corrected chi connectivity index (χ0v) is 16.2. The van der Waals surface area contributed by atoms with E-state index in [4.69, 9.17) is 11.6 Å². The minimum absolute atomic E-state index is 0.187. The summed E-state index contributed by atoms with van der Waals surface area (Å²) in [5.41, 5.74) is 1.02. The van der Waals surface area contributed by atoms with Crippen LogP contribution in [0, 0.1) is 13.8 Å². The number of halogens is 4. The Hall–Kier alpha value is -2.59. The summed E-state index contributed by atoms with van der Waals surface area (Å²) in [6.07, 6.45) is -1.88. The lowest BCUT2D eigenvalue weighted by molar-refractivity contribution is -0.137. The normalized spacial score (nSPS) is 12.2. The Morgan fingerprint density at radius 3 is 2.29 bits per heavy atom. The molecular formula is C17H14ClF3N4O2S. The van der Waals surface area contributed by atoms with E-state index in [0.29, 0.717) is 18.0 Å². The van der Waals surface area contributed by atoms with Crippen LogP contribution in [0.1, 0.15) is 16.7 Å². The Bertz CT molecular complexity index is 1120. The molecule has 0 bridgehead atoms. The predicted octanol–water partition coefficient (Wildman–Crippen LogP) is 4.36. The molecule has 11 heteroatoms. The summed E-state index contributed by atoms with van der Waals surface area (Å²) in [6.45, 7) is 3.64. The van der Waals surface area contributed by atoms with Gasteiger partial charge in [0.25, 0.3) is 10.0 Å². The molecule has 0 saturated heterocycles. The van der Waals surface area contributed by atoms with Gasteiger partial charge in [-0.2, -0.15) is 21.6 Å². The standard InChI is InChI=1S/C17H14ClF3N4O2S/c1-10-3-11(2)5-13(4-10)24-28(26,27)15-8-22-9-25(15)16-14(18)6-12(7-23-16)17(19,20)21/h3-9,24H,1-2H3. The topological polar surface area (TPSA) is 76.9 Å². The smallest absolute Gasteiger partial charge is 0.278 e. The van der Waals surface area contributed by atoms with E-state index in [-0.39, 0.29) is 15.9 Å².